The maximum atomic E-state index is 9.36. The van der Waals surface area contributed by atoms with Gasteiger partial charge in [0.1, 0.15) is 24.8 Å². The van der Waals surface area contributed by atoms with Gasteiger partial charge in [-0.3, -0.25) is 0 Å². The molecule has 0 bridgehead atoms. The first kappa shape index (κ1) is 13.6. The molecule has 0 amide bonds. The van der Waals surface area contributed by atoms with E-state index in [-0.39, 0.29) is 6.61 Å². The largest absolute Gasteiger partial charge is 0.489 e. The predicted molar refractivity (Wildman–Crippen MR) is 82.1 cm³/mol. The van der Waals surface area contributed by atoms with Crippen molar-refractivity contribution in [2.45, 2.75) is 26.7 Å². The molecule has 1 N–H and O–H groups in total. The van der Waals surface area contributed by atoms with Gasteiger partial charge in [-0.1, -0.05) is 30.3 Å². The molecule has 0 unspecified atom stereocenters. The fourth-order valence-electron chi connectivity index (χ4n) is 2.46. The Labute approximate surface area is 123 Å². The molecule has 3 rings (SSSR count). The predicted octanol–water partition coefficient (Wildman–Crippen LogP) is 3.13. The van der Waals surface area contributed by atoms with E-state index in [2.05, 4.69) is 4.98 Å². The van der Waals surface area contributed by atoms with Crippen molar-refractivity contribution >= 4 is 11.0 Å². The van der Waals surface area contributed by atoms with Gasteiger partial charge in [0.05, 0.1) is 11.0 Å². The minimum Gasteiger partial charge on any atom is -0.489 e. The van der Waals surface area contributed by atoms with Gasteiger partial charge in [0.15, 0.2) is 0 Å². The second kappa shape index (κ2) is 5.97. The van der Waals surface area contributed by atoms with Crippen LogP contribution in [0.25, 0.3) is 11.0 Å². The Morgan fingerprint density at radius 2 is 1.95 bits per heavy atom. The summed E-state index contributed by atoms with van der Waals surface area (Å²) >= 11 is 0. The zero-order chi connectivity index (χ0) is 14.7. The lowest BCUT2D eigenvalue weighted by atomic mass is 10.2. The molecule has 4 heteroatoms. The lowest BCUT2D eigenvalue weighted by molar-refractivity contribution is 0.266. The van der Waals surface area contributed by atoms with E-state index < -0.39 is 0 Å². The highest BCUT2D eigenvalue weighted by Gasteiger charge is 2.09. The average molecular weight is 282 g/mol. The number of imidazole rings is 1. The smallest absolute Gasteiger partial charge is 0.135 e. The molecule has 0 spiro atoms. The molecule has 0 aliphatic rings. The number of aliphatic hydroxyl groups is 1. The van der Waals surface area contributed by atoms with Crippen molar-refractivity contribution in [1.82, 2.24) is 9.55 Å². The number of hydrogen-bond acceptors (Lipinski definition) is 3. The van der Waals surface area contributed by atoms with Gasteiger partial charge in [-0.15, -0.1) is 0 Å². The lowest BCUT2D eigenvalue weighted by Gasteiger charge is -2.07. The molecule has 21 heavy (non-hydrogen) atoms. The second-order valence-corrected chi connectivity index (χ2v) is 4.86. The average Bonchev–Trinajstić information content (AvgIpc) is 2.90. The third kappa shape index (κ3) is 2.76. The van der Waals surface area contributed by atoms with Crippen molar-refractivity contribution in [3.05, 3.63) is 59.9 Å². The first-order chi connectivity index (χ1) is 10.3. The van der Waals surface area contributed by atoms with Crippen molar-refractivity contribution in [3.63, 3.8) is 0 Å². The summed E-state index contributed by atoms with van der Waals surface area (Å²) in [4.78, 5) is 4.45. The maximum Gasteiger partial charge on any atom is 0.135 e. The van der Waals surface area contributed by atoms with Gasteiger partial charge in [-0.05, 0) is 24.6 Å². The number of aryl methyl sites for hydroxylation is 1. The van der Waals surface area contributed by atoms with Crippen molar-refractivity contribution in [3.8, 4) is 5.75 Å². The SMILES string of the molecule is CCn1c(CO)nc2cc(OCc3ccccc3)ccc21. The number of fused-ring (bicyclic) bond motifs is 1. The summed E-state index contributed by atoms with van der Waals surface area (Å²) in [6, 6.07) is 15.9. The molecule has 1 heterocycles. The van der Waals surface area contributed by atoms with Crippen LogP contribution in [0.5, 0.6) is 5.75 Å². The molecule has 2 aromatic carbocycles. The van der Waals surface area contributed by atoms with Gasteiger partial charge < -0.3 is 14.4 Å². The third-order valence-corrected chi connectivity index (χ3v) is 3.50. The molecule has 0 aliphatic carbocycles. The minimum atomic E-state index is -0.0529. The number of aromatic nitrogens is 2. The summed E-state index contributed by atoms with van der Waals surface area (Å²) in [5.41, 5.74) is 3.01. The van der Waals surface area contributed by atoms with E-state index in [4.69, 9.17) is 4.74 Å². The molecule has 0 radical (unpaired) electrons. The summed E-state index contributed by atoms with van der Waals surface area (Å²) in [5.74, 6) is 1.48. The van der Waals surface area contributed by atoms with Crippen LogP contribution in [0.4, 0.5) is 0 Å². The minimum absolute atomic E-state index is 0.0529. The number of hydrogen-bond donors (Lipinski definition) is 1. The molecular weight excluding hydrogens is 264 g/mol. The first-order valence-electron chi connectivity index (χ1n) is 7.08. The Balaban J connectivity index is 1.84. The quantitative estimate of drug-likeness (QED) is 0.782. The molecule has 1 aromatic heterocycles. The van der Waals surface area contributed by atoms with E-state index in [1.807, 2.05) is 60.0 Å². The normalized spacial score (nSPS) is 11.0. The van der Waals surface area contributed by atoms with Gasteiger partial charge in [0, 0.05) is 12.6 Å². The van der Waals surface area contributed by atoms with Gasteiger partial charge in [0.2, 0.25) is 0 Å². The van der Waals surface area contributed by atoms with Crippen LogP contribution in [0.2, 0.25) is 0 Å². The van der Waals surface area contributed by atoms with E-state index in [0.717, 1.165) is 28.9 Å². The van der Waals surface area contributed by atoms with E-state index in [9.17, 15) is 5.11 Å². The molecule has 0 fully saturated rings. The summed E-state index contributed by atoms with van der Waals surface area (Å²) in [6.07, 6.45) is 0. The van der Waals surface area contributed by atoms with Crippen molar-refractivity contribution < 1.29 is 9.84 Å². The van der Waals surface area contributed by atoms with Gasteiger partial charge in [-0.25, -0.2) is 4.98 Å². The van der Waals surface area contributed by atoms with E-state index in [1.165, 1.54) is 0 Å². The highest BCUT2D eigenvalue weighted by molar-refractivity contribution is 5.77. The summed E-state index contributed by atoms with van der Waals surface area (Å²) in [5, 5.41) is 9.36. The van der Waals surface area contributed by atoms with Crippen LogP contribution in [0.15, 0.2) is 48.5 Å². The maximum absolute atomic E-state index is 9.36. The topological polar surface area (TPSA) is 47.3 Å². The zero-order valence-corrected chi connectivity index (χ0v) is 12.0. The van der Waals surface area contributed by atoms with Gasteiger partial charge >= 0.3 is 0 Å². The van der Waals surface area contributed by atoms with Crippen LogP contribution in [0, 0.1) is 0 Å². The number of aliphatic hydroxyl groups excluding tert-OH is 1. The number of ether oxygens (including phenoxy) is 1. The van der Waals surface area contributed by atoms with Crippen molar-refractivity contribution in [2.75, 3.05) is 0 Å². The van der Waals surface area contributed by atoms with Crippen LogP contribution < -0.4 is 4.74 Å². The Bertz CT molecular complexity index is 735. The van der Waals surface area contributed by atoms with Gasteiger partial charge in [0.25, 0.3) is 0 Å². The van der Waals surface area contributed by atoms with Gasteiger partial charge in [-0.2, -0.15) is 0 Å². The summed E-state index contributed by atoms with van der Waals surface area (Å²) in [7, 11) is 0. The van der Waals surface area contributed by atoms with Crippen molar-refractivity contribution in [2.24, 2.45) is 0 Å². The third-order valence-electron chi connectivity index (χ3n) is 3.50. The zero-order valence-electron chi connectivity index (χ0n) is 12.0. The summed E-state index contributed by atoms with van der Waals surface area (Å²) in [6.45, 7) is 3.31. The second-order valence-electron chi connectivity index (χ2n) is 4.86. The Hall–Kier alpha value is -2.33. The standard InChI is InChI=1S/C17H18N2O2/c1-2-19-16-9-8-14(10-15(16)18-17(19)11-20)21-12-13-6-4-3-5-7-13/h3-10,20H,2,11-12H2,1H3. The molecule has 4 nitrogen and oxygen atoms in total. The Kier molecular flexibility index (Phi) is 3.88. The number of nitrogens with zero attached hydrogens (tertiary/aromatic N) is 2. The molecule has 0 saturated heterocycles. The van der Waals surface area contributed by atoms with Crippen LogP contribution in [0.3, 0.4) is 0 Å². The van der Waals surface area contributed by atoms with Crippen LogP contribution in [-0.2, 0) is 19.8 Å². The molecule has 108 valence electrons. The van der Waals surface area contributed by atoms with Crippen molar-refractivity contribution in [1.29, 1.82) is 0 Å². The van der Waals surface area contributed by atoms with E-state index in [1.54, 1.807) is 0 Å². The molecule has 0 saturated carbocycles. The monoisotopic (exact) mass is 282 g/mol. The molecule has 0 aliphatic heterocycles. The van der Waals surface area contributed by atoms with Crippen LogP contribution in [0.1, 0.15) is 18.3 Å². The highest BCUT2D eigenvalue weighted by Crippen LogP contribution is 2.22. The Morgan fingerprint density at radius 1 is 1.14 bits per heavy atom. The number of benzene rings is 2. The molecular formula is C17H18N2O2. The van der Waals surface area contributed by atoms with E-state index in [0.29, 0.717) is 12.4 Å². The van der Waals surface area contributed by atoms with Crippen LogP contribution >= 0.6 is 0 Å². The Morgan fingerprint density at radius 3 is 2.67 bits per heavy atom. The highest BCUT2D eigenvalue weighted by atomic mass is 16.5. The van der Waals surface area contributed by atoms with Crippen LogP contribution in [-0.4, -0.2) is 14.7 Å². The first-order valence-corrected chi connectivity index (χ1v) is 7.08. The summed E-state index contributed by atoms with van der Waals surface area (Å²) < 4.78 is 7.82. The molecule has 0 atom stereocenters. The lowest BCUT2D eigenvalue weighted by Crippen LogP contribution is -2.00. The fraction of sp³-hybridized carbons (Fsp3) is 0.235. The molecule has 3 aromatic rings. The number of rotatable bonds is 5. The van der Waals surface area contributed by atoms with E-state index >= 15 is 0 Å². The fourth-order valence-corrected chi connectivity index (χ4v) is 2.46.